The third-order valence-electron chi connectivity index (χ3n) is 3.40. The van der Waals surface area contributed by atoms with Crippen LogP contribution >= 0.6 is 0 Å². The van der Waals surface area contributed by atoms with E-state index >= 15 is 0 Å². The van der Waals surface area contributed by atoms with Crippen LogP contribution in [0.2, 0.25) is 0 Å². The average molecular weight is 296 g/mol. The second-order valence-electron chi connectivity index (χ2n) is 5.24. The summed E-state index contributed by atoms with van der Waals surface area (Å²) in [6.45, 7) is 2.21. The Hall–Kier alpha value is -2.29. The molecule has 0 atom stereocenters. The van der Waals surface area contributed by atoms with E-state index in [4.69, 9.17) is 0 Å². The van der Waals surface area contributed by atoms with E-state index in [0.717, 1.165) is 17.5 Å². The molecule has 2 rings (SSSR count). The zero-order valence-electron chi connectivity index (χ0n) is 12.9. The molecule has 2 nitrogen and oxygen atoms in total. The summed E-state index contributed by atoms with van der Waals surface area (Å²) in [5.41, 5.74) is 3.21. The normalized spacial score (nSPS) is 11.5. The first-order valence-corrected chi connectivity index (χ1v) is 7.69. The summed E-state index contributed by atoms with van der Waals surface area (Å²) in [5, 5.41) is 7.99. The predicted molar refractivity (Wildman–Crippen MR) is 91.3 cm³/mol. The molecular formula is C19H21FN2. The van der Waals surface area contributed by atoms with Crippen molar-refractivity contribution in [3.8, 4) is 0 Å². The fourth-order valence-electron chi connectivity index (χ4n) is 2.10. The molecule has 0 saturated heterocycles. The smallest absolute Gasteiger partial charge is 0.123 e. The highest BCUT2D eigenvalue weighted by Gasteiger charge is 1.93. The van der Waals surface area contributed by atoms with E-state index in [1.54, 1.807) is 24.6 Å². The molecule has 3 heteroatoms. The van der Waals surface area contributed by atoms with Crippen molar-refractivity contribution in [2.45, 2.75) is 32.6 Å². The third-order valence-corrected chi connectivity index (χ3v) is 3.40. The van der Waals surface area contributed by atoms with E-state index in [1.165, 1.54) is 37.0 Å². The van der Waals surface area contributed by atoms with E-state index in [-0.39, 0.29) is 5.82 Å². The second-order valence-corrected chi connectivity index (χ2v) is 5.24. The van der Waals surface area contributed by atoms with Crippen molar-refractivity contribution in [3.63, 3.8) is 0 Å². The molecule has 0 aliphatic heterocycles. The Morgan fingerprint density at radius 2 is 1.36 bits per heavy atom. The van der Waals surface area contributed by atoms with Gasteiger partial charge in [-0.1, -0.05) is 56.2 Å². The van der Waals surface area contributed by atoms with Gasteiger partial charge in [0.15, 0.2) is 0 Å². The van der Waals surface area contributed by atoms with Gasteiger partial charge >= 0.3 is 0 Å². The van der Waals surface area contributed by atoms with Crippen molar-refractivity contribution in [1.29, 1.82) is 0 Å². The first kappa shape index (κ1) is 16.1. The molecular weight excluding hydrogens is 275 g/mol. The minimum Gasteiger partial charge on any atom is -0.207 e. The Morgan fingerprint density at radius 1 is 0.818 bits per heavy atom. The van der Waals surface area contributed by atoms with Gasteiger partial charge in [-0.05, 0) is 41.7 Å². The van der Waals surface area contributed by atoms with Crippen molar-refractivity contribution in [2.75, 3.05) is 0 Å². The molecule has 2 aromatic rings. The lowest BCUT2D eigenvalue weighted by molar-refractivity contribution is 0.628. The summed E-state index contributed by atoms with van der Waals surface area (Å²) >= 11 is 0. The number of unbranched alkanes of at least 4 members (excludes halogenated alkanes) is 2. The summed E-state index contributed by atoms with van der Waals surface area (Å²) in [6, 6.07) is 14.5. The van der Waals surface area contributed by atoms with Gasteiger partial charge < -0.3 is 0 Å². The quantitative estimate of drug-likeness (QED) is 0.390. The van der Waals surface area contributed by atoms with E-state index in [1.807, 2.05) is 0 Å². The minimum atomic E-state index is -0.250. The number of benzene rings is 2. The van der Waals surface area contributed by atoms with Crippen molar-refractivity contribution >= 4 is 12.4 Å². The lowest BCUT2D eigenvalue weighted by Crippen LogP contribution is -1.87. The molecule has 0 amide bonds. The number of nitrogens with zero attached hydrogens (tertiary/aromatic N) is 2. The Morgan fingerprint density at radius 3 is 1.91 bits per heavy atom. The minimum absolute atomic E-state index is 0.250. The molecule has 2 aromatic carbocycles. The van der Waals surface area contributed by atoms with Crippen molar-refractivity contribution < 1.29 is 4.39 Å². The van der Waals surface area contributed by atoms with Gasteiger partial charge in [-0.25, -0.2) is 4.39 Å². The van der Waals surface area contributed by atoms with Gasteiger partial charge in [0, 0.05) is 0 Å². The van der Waals surface area contributed by atoms with Crippen LogP contribution < -0.4 is 0 Å². The van der Waals surface area contributed by atoms with Gasteiger partial charge in [-0.15, -0.1) is 0 Å². The number of halogens is 1. The van der Waals surface area contributed by atoms with Crippen LogP contribution in [0, 0.1) is 5.82 Å². The monoisotopic (exact) mass is 296 g/mol. The molecule has 0 aromatic heterocycles. The van der Waals surface area contributed by atoms with Crippen LogP contribution in [0.25, 0.3) is 0 Å². The SMILES string of the molecule is CCCCCc1ccc(C=NN=Cc2ccc(F)cc2)cc1. The van der Waals surface area contributed by atoms with Gasteiger partial charge in [-0.3, -0.25) is 0 Å². The molecule has 22 heavy (non-hydrogen) atoms. The lowest BCUT2D eigenvalue weighted by Gasteiger charge is -2.00. The lowest BCUT2D eigenvalue weighted by atomic mass is 10.1. The Labute approximate surface area is 131 Å². The van der Waals surface area contributed by atoms with Crippen molar-refractivity contribution in [2.24, 2.45) is 10.2 Å². The molecule has 0 heterocycles. The third kappa shape index (κ3) is 5.60. The molecule has 0 aliphatic rings. The summed E-state index contributed by atoms with van der Waals surface area (Å²) in [5.74, 6) is -0.250. The predicted octanol–water partition coefficient (Wildman–Crippen LogP) is 5.01. The highest BCUT2D eigenvalue weighted by molar-refractivity contribution is 5.82. The van der Waals surface area contributed by atoms with Crippen LogP contribution in [-0.4, -0.2) is 12.4 Å². The summed E-state index contributed by atoms with van der Waals surface area (Å²) < 4.78 is 12.8. The Balaban J connectivity index is 1.86. The molecule has 114 valence electrons. The second kappa shape index (κ2) is 8.88. The maximum Gasteiger partial charge on any atom is 0.123 e. The topological polar surface area (TPSA) is 24.7 Å². The maximum absolute atomic E-state index is 12.8. The van der Waals surface area contributed by atoms with E-state index < -0.39 is 0 Å². The van der Waals surface area contributed by atoms with Crippen LogP contribution in [0.15, 0.2) is 58.7 Å². The van der Waals surface area contributed by atoms with Crippen molar-refractivity contribution in [3.05, 3.63) is 71.0 Å². The number of hydrogen-bond acceptors (Lipinski definition) is 2. The first-order chi connectivity index (χ1) is 10.8. The zero-order chi connectivity index (χ0) is 15.6. The largest absolute Gasteiger partial charge is 0.207 e. The number of aryl methyl sites for hydroxylation is 1. The summed E-state index contributed by atoms with van der Waals surface area (Å²) in [4.78, 5) is 0. The molecule has 0 bridgehead atoms. The van der Waals surface area contributed by atoms with E-state index in [9.17, 15) is 4.39 Å². The zero-order valence-corrected chi connectivity index (χ0v) is 12.9. The standard InChI is InChI=1S/C19H21FN2/c1-2-3-4-5-16-6-8-17(9-7-16)14-21-22-15-18-10-12-19(20)13-11-18/h6-15H,2-5H2,1H3. The molecule has 0 fully saturated rings. The van der Waals surface area contributed by atoms with Gasteiger partial charge in [0.25, 0.3) is 0 Å². The highest BCUT2D eigenvalue weighted by Crippen LogP contribution is 2.08. The molecule has 0 radical (unpaired) electrons. The number of rotatable bonds is 7. The van der Waals surface area contributed by atoms with Gasteiger partial charge in [0.2, 0.25) is 0 Å². The molecule has 0 N–H and O–H groups in total. The maximum atomic E-state index is 12.8. The Kier molecular flexibility index (Phi) is 6.49. The van der Waals surface area contributed by atoms with Gasteiger partial charge in [0.1, 0.15) is 5.82 Å². The fraction of sp³-hybridized carbons (Fsp3) is 0.263. The molecule has 0 unspecified atom stereocenters. The van der Waals surface area contributed by atoms with Crippen LogP contribution in [0.3, 0.4) is 0 Å². The van der Waals surface area contributed by atoms with Gasteiger partial charge in [0.05, 0.1) is 12.4 Å². The molecule has 0 spiro atoms. The summed E-state index contributed by atoms with van der Waals surface area (Å²) in [7, 11) is 0. The summed E-state index contributed by atoms with van der Waals surface area (Å²) in [6.07, 6.45) is 8.23. The Bertz CT molecular complexity index is 613. The van der Waals surface area contributed by atoms with Crippen LogP contribution in [-0.2, 0) is 6.42 Å². The van der Waals surface area contributed by atoms with E-state index in [2.05, 4.69) is 41.4 Å². The molecule has 0 aliphatic carbocycles. The van der Waals surface area contributed by atoms with Crippen LogP contribution in [0.5, 0.6) is 0 Å². The first-order valence-electron chi connectivity index (χ1n) is 7.69. The highest BCUT2D eigenvalue weighted by atomic mass is 19.1. The molecule has 0 saturated carbocycles. The van der Waals surface area contributed by atoms with Gasteiger partial charge in [-0.2, -0.15) is 10.2 Å². The fourth-order valence-corrected chi connectivity index (χ4v) is 2.10. The number of hydrogen-bond donors (Lipinski definition) is 0. The van der Waals surface area contributed by atoms with Crippen molar-refractivity contribution in [1.82, 2.24) is 0 Å². The average Bonchev–Trinajstić information content (AvgIpc) is 2.55. The van der Waals surface area contributed by atoms with Crippen LogP contribution in [0.1, 0.15) is 42.9 Å². The van der Waals surface area contributed by atoms with Crippen LogP contribution in [0.4, 0.5) is 4.39 Å². The van der Waals surface area contributed by atoms with E-state index in [0.29, 0.717) is 0 Å².